The van der Waals surface area contributed by atoms with Gasteiger partial charge >= 0.3 is 0 Å². The molecule has 0 radical (unpaired) electrons. The first-order valence-electron chi connectivity index (χ1n) is 6.81. The maximum atomic E-state index is 5.34. The number of aromatic nitrogens is 2. The van der Waals surface area contributed by atoms with Gasteiger partial charge in [0, 0.05) is 24.1 Å². The molecule has 108 valence electrons. The number of rotatable bonds is 5. The molecule has 0 aliphatic heterocycles. The lowest BCUT2D eigenvalue weighted by Crippen LogP contribution is -2.26. The summed E-state index contributed by atoms with van der Waals surface area (Å²) in [7, 11) is 0. The van der Waals surface area contributed by atoms with Crippen LogP contribution in [0.3, 0.4) is 0 Å². The average molecular weight is 346 g/mol. The summed E-state index contributed by atoms with van der Waals surface area (Å²) in [5.41, 5.74) is 1.15. The van der Waals surface area contributed by atoms with E-state index in [9.17, 15) is 0 Å². The second-order valence-corrected chi connectivity index (χ2v) is 6.88. The van der Waals surface area contributed by atoms with E-state index in [0.717, 1.165) is 42.0 Å². The third-order valence-corrected chi connectivity index (χ3v) is 4.55. The van der Waals surface area contributed by atoms with Gasteiger partial charge in [0.2, 0.25) is 0 Å². The molecule has 19 heavy (non-hydrogen) atoms. The maximum Gasteiger partial charge on any atom is 0.144 e. The van der Waals surface area contributed by atoms with Crippen LogP contribution in [-0.4, -0.2) is 34.5 Å². The molecule has 3 nitrogen and oxygen atoms in total. The number of hydrogen-bond acceptors (Lipinski definition) is 3. The summed E-state index contributed by atoms with van der Waals surface area (Å²) in [5.74, 6) is 0.977. The summed E-state index contributed by atoms with van der Waals surface area (Å²) >= 11 is 8.89. The van der Waals surface area contributed by atoms with E-state index in [1.54, 1.807) is 0 Å². The van der Waals surface area contributed by atoms with Crippen LogP contribution in [0.25, 0.3) is 0 Å². The molecular weight excluding hydrogens is 322 g/mol. The van der Waals surface area contributed by atoms with Crippen molar-refractivity contribution in [2.24, 2.45) is 0 Å². The van der Waals surface area contributed by atoms with Gasteiger partial charge < -0.3 is 9.88 Å². The van der Waals surface area contributed by atoms with Gasteiger partial charge in [0.25, 0.3) is 0 Å². The van der Waals surface area contributed by atoms with Gasteiger partial charge in [-0.3, -0.25) is 0 Å². The number of likely N-dealkylation sites (N-methyl/N-ethyl adjacent to an activating group) is 1. The summed E-state index contributed by atoms with van der Waals surface area (Å²) in [5, 5.41) is 0. The third kappa shape index (κ3) is 4.65. The first-order valence-corrected chi connectivity index (χ1v) is 8.01. The zero-order chi connectivity index (χ0) is 14.6. The molecular formula is C14H24BrN3S. The number of nitrogens with zero attached hydrogens (tertiary/aromatic N) is 2. The summed E-state index contributed by atoms with van der Waals surface area (Å²) in [6.07, 6.45) is 0.904. The SMILES string of the molecule is CCN(CC)CCc1nc(=S)c(Br)c(C(C)(C)C)[nH]1. The van der Waals surface area contributed by atoms with Crippen molar-refractivity contribution in [1.29, 1.82) is 0 Å². The smallest absolute Gasteiger partial charge is 0.144 e. The van der Waals surface area contributed by atoms with Gasteiger partial charge in [0.1, 0.15) is 10.5 Å². The van der Waals surface area contributed by atoms with Crippen LogP contribution in [0.1, 0.15) is 46.1 Å². The fourth-order valence-electron chi connectivity index (χ4n) is 1.94. The van der Waals surface area contributed by atoms with Crippen LogP contribution in [-0.2, 0) is 11.8 Å². The zero-order valence-corrected chi connectivity index (χ0v) is 14.9. The predicted molar refractivity (Wildman–Crippen MR) is 87.3 cm³/mol. The van der Waals surface area contributed by atoms with E-state index in [-0.39, 0.29) is 5.41 Å². The van der Waals surface area contributed by atoms with E-state index in [1.165, 1.54) is 0 Å². The van der Waals surface area contributed by atoms with Crippen LogP contribution in [0.4, 0.5) is 0 Å². The minimum absolute atomic E-state index is 0.0271. The van der Waals surface area contributed by atoms with Crippen molar-refractivity contribution in [3.05, 3.63) is 20.6 Å². The van der Waals surface area contributed by atoms with Crippen LogP contribution in [0.15, 0.2) is 4.47 Å². The Morgan fingerprint density at radius 2 is 1.84 bits per heavy atom. The minimum Gasteiger partial charge on any atom is -0.346 e. The molecule has 0 saturated carbocycles. The minimum atomic E-state index is 0.0271. The fourth-order valence-corrected chi connectivity index (χ4v) is 2.94. The first-order chi connectivity index (χ1) is 8.79. The maximum absolute atomic E-state index is 5.34. The van der Waals surface area contributed by atoms with Crippen LogP contribution in [0.2, 0.25) is 0 Å². The number of halogens is 1. The Kier molecular flexibility index (Phi) is 6.15. The van der Waals surface area contributed by atoms with Crippen molar-refractivity contribution >= 4 is 28.1 Å². The Labute approximate surface area is 130 Å². The van der Waals surface area contributed by atoms with Gasteiger partial charge in [0.05, 0.1) is 4.47 Å². The van der Waals surface area contributed by atoms with Gasteiger partial charge in [-0.15, -0.1) is 0 Å². The molecule has 5 heteroatoms. The molecule has 1 N–H and O–H groups in total. The summed E-state index contributed by atoms with van der Waals surface area (Å²) in [6.45, 7) is 14.0. The van der Waals surface area contributed by atoms with Crippen LogP contribution < -0.4 is 0 Å². The normalized spacial score (nSPS) is 12.2. The Morgan fingerprint density at radius 1 is 1.26 bits per heavy atom. The number of nitrogens with one attached hydrogen (secondary N) is 1. The number of aromatic amines is 1. The lowest BCUT2D eigenvalue weighted by Gasteiger charge is -2.22. The van der Waals surface area contributed by atoms with Crippen molar-refractivity contribution < 1.29 is 0 Å². The predicted octanol–water partition coefficient (Wildman–Crippen LogP) is 4.08. The van der Waals surface area contributed by atoms with Gasteiger partial charge in [-0.1, -0.05) is 46.8 Å². The van der Waals surface area contributed by atoms with Gasteiger partial charge in [-0.2, -0.15) is 0 Å². The largest absolute Gasteiger partial charge is 0.346 e. The lowest BCUT2D eigenvalue weighted by atomic mass is 9.92. The highest BCUT2D eigenvalue weighted by atomic mass is 79.9. The molecule has 0 unspecified atom stereocenters. The van der Waals surface area contributed by atoms with E-state index in [4.69, 9.17) is 12.2 Å². The quantitative estimate of drug-likeness (QED) is 0.815. The van der Waals surface area contributed by atoms with E-state index >= 15 is 0 Å². The van der Waals surface area contributed by atoms with E-state index in [0.29, 0.717) is 4.64 Å². The van der Waals surface area contributed by atoms with E-state index < -0.39 is 0 Å². The van der Waals surface area contributed by atoms with Crippen molar-refractivity contribution in [2.45, 2.75) is 46.5 Å². The molecule has 0 spiro atoms. The summed E-state index contributed by atoms with van der Waals surface area (Å²) < 4.78 is 1.57. The topological polar surface area (TPSA) is 31.9 Å². The molecule has 0 aliphatic rings. The average Bonchev–Trinajstić information content (AvgIpc) is 2.33. The van der Waals surface area contributed by atoms with E-state index in [1.807, 2.05) is 0 Å². The Bertz CT molecular complexity index is 473. The van der Waals surface area contributed by atoms with Crippen molar-refractivity contribution in [1.82, 2.24) is 14.9 Å². The lowest BCUT2D eigenvalue weighted by molar-refractivity contribution is 0.305. The highest BCUT2D eigenvalue weighted by Crippen LogP contribution is 2.28. The molecule has 0 aliphatic carbocycles. The fraction of sp³-hybridized carbons (Fsp3) is 0.714. The van der Waals surface area contributed by atoms with E-state index in [2.05, 4.69) is 65.4 Å². The molecule has 1 aromatic rings. The van der Waals surface area contributed by atoms with Crippen molar-refractivity contribution in [3.63, 3.8) is 0 Å². The zero-order valence-electron chi connectivity index (χ0n) is 12.5. The highest BCUT2D eigenvalue weighted by molar-refractivity contribution is 9.10. The monoisotopic (exact) mass is 345 g/mol. The number of H-pyrrole nitrogens is 1. The highest BCUT2D eigenvalue weighted by Gasteiger charge is 2.20. The number of hydrogen-bond donors (Lipinski definition) is 1. The molecule has 0 saturated heterocycles. The van der Waals surface area contributed by atoms with Crippen LogP contribution >= 0.6 is 28.1 Å². The van der Waals surface area contributed by atoms with Crippen LogP contribution in [0.5, 0.6) is 0 Å². The Hall–Kier alpha value is -0.260. The molecule has 0 fully saturated rings. The summed E-state index contributed by atoms with van der Waals surface area (Å²) in [6, 6.07) is 0. The molecule has 1 aromatic heterocycles. The third-order valence-electron chi connectivity index (χ3n) is 3.22. The Morgan fingerprint density at radius 3 is 2.32 bits per heavy atom. The van der Waals surface area contributed by atoms with Crippen molar-refractivity contribution in [3.8, 4) is 0 Å². The molecule has 1 rings (SSSR count). The molecule has 0 aromatic carbocycles. The molecule has 0 bridgehead atoms. The second kappa shape index (κ2) is 6.95. The second-order valence-electron chi connectivity index (χ2n) is 5.70. The molecule has 0 atom stereocenters. The summed E-state index contributed by atoms with van der Waals surface area (Å²) in [4.78, 5) is 10.3. The van der Waals surface area contributed by atoms with Gasteiger partial charge in [-0.25, -0.2) is 4.98 Å². The first kappa shape index (κ1) is 16.8. The van der Waals surface area contributed by atoms with Crippen LogP contribution in [0, 0.1) is 4.64 Å². The van der Waals surface area contributed by atoms with Gasteiger partial charge in [-0.05, 0) is 29.0 Å². The molecule has 1 heterocycles. The Balaban J connectivity index is 2.98. The van der Waals surface area contributed by atoms with Crippen molar-refractivity contribution in [2.75, 3.05) is 19.6 Å². The van der Waals surface area contributed by atoms with Gasteiger partial charge in [0.15, 0.2) is 0 Å². The standard InChI is InChI=1S/C14H24BrN3S/c1-6-18(7-2)9-8-10-16-12(14(3,4)5)11(15)13(19)17-10/h6-9H2,1-5H3,(H,16,17,19). The molecule has 0 amide bonds.